The topological polar surface area (TPSA) is 241 Å². The molecule has 0 aromatic carbocycles. The van der Waals surface area contributed by atoms with Gasteiger partial charge >= 0.3 is 93.5 Å². The molecule has 0 bridgehead atoms. The molecule has 0 unspecified atom stereocenters. The van der Waals surface area contributed by atoms with E-state index in [1.807, 2.05) is 0 Å². The zero-order valence-corrected chi connectivity index (χ0v) is 59.5. The summed E-state index contributed by atoms with van der Waals surface area (Å²) in [5, 5.41) is 68.0. The molecule has 0 spiro atoms. The van der Waals surface area contributed by atoms with E-state index >= 15 is 0 Å². The van der Waals surface area contributed by atoms with Crippen LogP contribution >= 0.6 is 0 Å². The zero-order chi connectivity index (χ0) is 62.9. The van der Waals surface area contributed by atoms with Gasteiger partial charge in [0.15, 0.2) is 0 Å². The maximum atomic E-state index is 11.3. The molecular formula is C68H120O12Sn2. The monoisotopic (exact) mass is 1370 g/mol. The Morgan fingerprint density at radius 1 is 0.195 bits per heavy atom. The minimum absolute atomic E-state index is 0.0564. The quantitative estimate of drug-likeness (QED) is 0.0314. The molecule has 0 saturated heterocycles. The van der Waals surface area contributed by atoms with E-state index in [2.05, 4.69) is 55.4 Å². The van der Waals surface area contributed by atoms with Crippen molar-refractivity contribution in [2.24, 2.45) is 0 Å². The number of carboxylic acid groups (broad SMARTS) is 6. The molecule has 472 valence electrons. The van der Waals surface area contributed by atoms with Gasteiger partial charge in [0.2, 0.25) is 0 Å². The van der Waals surface area contributed by atoms with Crippen molar-refractivity contribution in [3.8, 4) is 0 Å². The Balaban J connectivity index is -0.000000332. The first-order valence-corrected chi connectivity index (χ1v) is 37.2. The fourth-order valence-electron chi connectivity index (χ4n) is 9.10. The molecule has 0 fully saturated rings. The number of hydrogen-bond acceptors (Lipinski definition) is 12. The molecule has 0 aliphatic heterocycles. The predicted molar refractivity (Wildman–Crippen MR) is 330 cm³/mol. The fourth-order valence-corrected chi connectivity index (χ4v) is 11.1. The van der Waals surface area contributed by atoms with Crippen molar-refractivity contribution >= 4 is 80.9 Å². The van der Waals surface area contributed by atoms with E-state index < -0.39 is 35.8 Å². The van der Waals surface area contributed by atoms with Gasteiger partial charge in [-0.3, -0.25) is 0 Å². The van der Waals surface area contributed by atoms with Crippen LogP contribution < -0.4 is 30.6 Å². The fraction of sp³-hybridized carbons (Fsp3) is 0.824. The van der Waals surface area contributed by atoms with Crippen molar-refractivity contribution in [3.63, 3.8) is 0 Å². The van der Waals surface area contributed by atoms with E-state index in [1.165, 1.54) is 73.1 Å². The number of unbranched alkanes of at least 4 members (excludes halogenated alkanes) is 32. The Bertz CT molecular complexity index is 1330. The van der Waals surface area contributed by atoms with Crippen LogP contribution in [0.1, 0.15) is 351 Å². The average molecular weight is 1370 g/mol. The van der Waals surface area contributed by atoms with E-state index in [9.17, 15) is 59.4 Å². The summed E-state index contributed by atoms with van der Waals surface area (Å²) in [6.45, 7) is 17.3. The predicted octanol–water partition coefficient (Wildman–Crippen LogP) is 12.6. The van der Waals surface area contributed by atoms with Crippen molar-refractivity contribution in [2.75, 3.05) is 0 Å². The number of carboxylic acids is 6. The molecule has 0 aliphatic carbocycles. The van der Waals surface area contributed by atoms with Crippen LogP contribution in [0.5, 0.6) is 0 Å². The summed E-state index contributed by atoms with van der Waals surface area (Å²) in [4.78, 5) is 68.0. The van der Waals surface area contributed by atoms with Crippen molar-refractivity contribution in [1.82, 2.24) is 0 Å². The second kappa shape index (κ2) is 71.1. The van der Waals surface area contributed by atoms with Gasteiger partial charge in [-0.25, -0.2) is 0 Å². The third-order valence-electron chi connectivity index (χ3n) is 14.3. The SMILES string of the molecule is CCCCCCCC/C(C(=O)[O-])=C(\CCCCCCCC)C(=O)[O-].CCCCCCCC/C(C(=O)[O-])=C(\CCCCCCCC)C(=O)[O-].CCCCCCCC/C(C(=O)[O-])=C(\CCCCCCCC)C(=O)[O-].CCC[CH2][Sn+3].CCC[CH2][Sn+3]. The van der Waals surface area contributed by atoms with Crippen LogP contribution in [0.4, 0.5) is 0 Å². The first kappa shape index (κ1) is 88.4. The summed E-state index contributed by atoms with van der Waals surface area (Å²) in [6, 6.07) is 0. The number of carbonyl (C=O) groups excluding carboxylic acids is 6. The normalized spacial score (nSPS) is 11.7. The van der Waals surface area contributed by atoms with Crippen LogP contribution in [0.3, 0.4) is 0 Å². The molecule has 12 nitrogen and oxygen atoms in total. The van der Waals surface area contributed by atoms with Gasteiger partial charge in [-0.15, -0.1) is 0 Å². The molecule has 0 rings (SSSR count). The van der Waals surface area contributed by atoms with Gasteiger partial charge in [0.05, 0.1) is 35.8 Å². The Morgan fingerprint density at radius 3 is 0.390 bits per heavy atom. The summed E-state index contributed by atoms with van der Waals surface area (Å²) in [5.41, 5.74) is -0.339. The third kappa shape index (κ3) is 62.2. The standard InChI is InChI=1S/3C20H36O4.2C4H9.2Sn/c3*1-3-5-7-9-11-13-15-17(19(21)22)18(20(23)24)16-14-12-10-8-6-4-2;2*1-3-4-2;;/h3*3-16H2,1-2H3,(H,21,22)(H,23,24);2*1,3-4H2,2H3;;/q;;;;;2*+3/p-6/b3*18-17-;;;;. The first-order valence-electron chi connectivity index (χ1n) is 33.2. The van der Waals surface area contributed by atoms with Crippen LogP contribution in [-0.2, 0) is 28.8 Å². The van der Waals surface area contributed by atoms with Crippen molar-refractivity contribution in [3.05, 3.63) is 33.4 Å². The van der Waals surface area contributed by atoms with E-state index in [0.29, 0.717) is 38.5 Å². The van der Waals surface area contributed by atoms with Crippen LogP contribution in [0, 0.1) is 0 Å². The van der Waals surface area contributed by atoms with Gasteiger partial charge < -0.3 is 59.4 Å². The average Bonchev–Trinajstić information content (AvgIpc) is 3.45. The second-order valence-corrected chi connectivity index (χ2v) is 24.8. The van der Waals surface area contributed by atoms with Crippen molar-refractivity contribution in [1.29, 1.82) is 0 Å². The summed E-state index contributed by atoms with van der Waals surface area (Å²) in [5.74, 6) is -8.12. The van der Waals surface area contributed by atoms with Gasteiger partial charge in [-0.05, 0) is 110 Å². The maximum absolute atomic E-state index is 11.3. The first-order chi connectivity index (χ1) is 39.4. The van der Waals surface area contributed by atoms with E-state index in [-0.39, 0.29) is 72.0 Å². The number of aliphatic carboxylic acids is 6. The molecule has 0 atom stereocenters. The van der Waals surface area contributed by atoms with E-state index in [0.717, 1.165) is 154 Å². The molecule has 0 saturated carbocycles. The van der Waals surface area contributed by atoms with Gasteiger partial charge in [-0.2, -0.15) is 0 Å². The van der Waals surface area contributed by atoms with Crippen molar-refractivity contribution < 1.29 is 59.4 Å². The van der Waals surface area contributed by atoms with Crippen LogP contribution in [0.15, 0.2) is 33.4 Å². The van der Waals surface area contributed by atoms with Gasteiger partial charge in [0.1, 0.15) is 0 Å². The molecule has 14 heteroatoms. The Hall–Kier alpha value is -2.36. The Morgan fingerprint density at radius 2 is 0.305 bits per heavy atom. The molecule has 0 heterocycles. The third-order valence-corrected chi connectivity index (χ3v) is 16.3. The molecule has 0 aromatic heterocycles. The Kier molecular flexibility index (Phi) is 76.7. The van der Waals surface area contributed by atoms with Crippen LogP contribution in [0.2, 0.25) is 8.87 Å². The molecule has 82 heavy (non-hydrogen) atoms. The second-order valence-electron chi connectivity index (χ2n) is 21.9. The number of carbonyl (C=O) groups is 6. The number of rotatable bonds is 52. The molecule has 0 N–H and O–H groups in total. The van der Waals surface area contributed by atoms with E-state index in [1.54, 1.807) is 45.0 Å². The molecule has 0 radical (unpaired) electrons. The summed E-state index contributed by atoms with van der Waals surface area (Å²) in [7, 11) is 0. The molecule has 0 amide bonds. The molecule has 0 aromatic rings. The Labute approximate surface area is 529 Å². The molecular weight excluding hydrogens is 1250 g/mol. The van der Waals surface area contributed by atoms with Gasteiger partial charge in [0, 0.05) is 0 Å². The molecule has 0 aliphatic rings. The summed E-state index contributed by atoms with van der Waals surface area (Å²) < 4.78 is 2.87. The van der Waals surface area contributed by atoms with E-state index in [4.69, 9.17) is 0 Å². The van der Waals surface area contributed by atoms with Crippen LogP contribution in [-0.4, -0.2) is 80.9 Å². The van der Waals surface area contributed by atoms with Crippen LogP contribution in [0.25, 0.3) is 0 Å². The van der Waals surface area contributed by atoms with Gasteiger partial charge in [-0.1, -0.05) is 234 Å². The minimum atomic E-state index is -1.35. The summed E-state index contributed by atoms with van der Waals surface area (Å²) in [6.07, 6.45) is 44.3. The van der Waals surface area contributed by atoms with Gasteiger partial charge in [0.25, 0.3) is 0 Å². The summed E-state index contributed by atoms with van der Waals surface area (Å²) >= 11 is 3.37. The number of hydrogen-bond donors (Lipinski definition) is 0. The zero-order valence-electron chi connectivity index (χ0n) is 53.8. The van der Waals surface area contributed by atoms with Crippen molar-refractivity contribution in [2.45, 2.75) is 360 Å².